The number of hydrogen-bond acceptors (Lipinski definition) is 3. The Kier molecular flexibility index (Phi) is 5.70. The fraction of sp³-hybridized carbons (Fsp3) is 0.562. The lowest BCUT2D eigenvalue weighted by Crippen LogP contribution is -2.54. The first-order chi connectivity index (χ1) is 10.1. The maximum atomic E-state index is 14.9. The summed E-state index contributed by atoms with van der Waals surface area (Å²) in [6.07, 6.45) is 0.984. The van der Waals surface area contributed by atoms with Gasteiger partial charge in [-0.15, -0.1) is 0 Å². The van der Waals surface area contributed by atoms with Crippen LogP contribution in [0.15, 0.2) is 30.3 Å². The minimum absolute atomic E-state index is 0.153. The SMILES string of the molecule is COCCNC(=O)C1(F)CCCN(Cc2ccccc2)C1. The summed E-state index contributed by atoms with van der Waals surface area (Å²) in [6, 6.07) is 9.95. The monoisotopic (exact) mass is 294 g/mol. The molecule has 0 aliphatic carbocycles. The maximum Gasteiger partial charge on any atom is 0.259 e. The Hall–Kier alpha value is -1.46. The Labute approximate surface area is 125 Å². The number of piperidine rings is 1. The predicted molar refractivity (Wildman–Crippen MR) is 79.7 cm³/mol. The zero-order valence-electron chi connectivity index (χ0n) is 12.5. The number of nitrogens with one attached hydrogen (secondary N) is 1. The van der Waals surface area contributed by atoms with Gasteiger partial charge < -0.3 is 10.1 Å². The minimum atomic E-state index is -1.79. The maximum absolute atomic E-state index is 14.9. The molecule has 4 nitrogen and oxygen atoms in total. The zero-order valence-corrected chi connectivity index (χ0v) is 12.5. The summed E-state index contributed by atoms with van der Waals surface area (Å²) in [5.41, 5.74) is -0.651. The zero-order chi connectivity index (χ0) is 15.1. The van der Waals surface area contributed by atoms with Gasteiger partial charge in [-0.3, -0.25) is 9.69 Å². The fourth-order valence-electron chi connectivity index (χ4n) is 2.68. The molecule has 116 valence electrons. The van der Waals surface area contributed by atoms with Crippen molar-refractivity contribution in [2.24, 2.45) is 0 Å². The molecule has 1 fully saturated rings. The molecule has 2 rings (SSSR count). The van der Waals surface area contributed by atoms with Crippen LogP contribution in [-0.4, -0.2) is 49.8 Å². The van der Waals surface area contributed by atoms with Gasteiger partial charge in [0.1, 0.15) is 0 Å². The summed E-state index contributed by atoms with van der Waals surface area (Å²) in [7, 11) is 1.56. The van der Waals surface area contributed by atoms with Gasteiger partial charge in [-0.05, 0) is 24.9 Å². The molecular formula is C16H23FN2O2. The van der Waals surface area contributed by atoms with Crippen molar-refractivity contribution in [1.82, 2.24) is 10.2 Å². The minimum Gasteiger partial charge on any atom is -0.383 e. The van der Waals surface area contributed by atoms with Gasteiger partial charge in [-0.2, -0.15) is 0 Å². The van der Waals surface area contributed by atoms with Crippen molar-refractivity contribution >= 4 is 5.91 Å². The number of nitrogens with zero attached hydrogens (tertiary/aromatic N) is 1. The summed E-state index contributed by atoms with van der Waals surface area (Å²) in [6.45, 7) is 2.40. The van der Waals surface area contributed by atoms with E-state index in [1.807, 2.05) is 35.2 Å². The summed E-state index contributed by atoms with van der Waals surface area (Å²) < 4.78 is 19.7. The van der Waals surface area contributed by atoms with Crippen molar-refractivity contribution in [2.45, 2.75) is 25.1 Å². The van der Waals surface area contributed by atoms with Gasteiger partial charge in [0.2, 0.25) is 5.67 Å². The Bertz CT molecular complexity index is 455. The molecule has 0 bridgehead atoms. The fourth-order valence-corrected chi connectivity index (χ4v) is 2.68. The molecule has 5 heteroatoms. The first-order valence-electron chi connectivity index (χ1n) is 7.36. The van der Waals surface area contributed by atoms with E-state index >= 15 is 0 Å². The van der Waals surface area contributed by atoms with Crippen LogP contribution in [-0.2, 0) is 16.1 Å². The van der Waals surface area contributed by atoms with E-state index in [2.05, 4.69) is 5.32 Å². The average Bonchev–Trinajstić information content (AvgIpc) is 2.48. The highest BCUT2D eigenvalue weighted by molar-refractivity contribution is 5.85. The second-order valence-electron chi connectivity index (χ2n) is 5.51. The second-order valence-corrected chi connectivity index (χ2v) is 5.51. The van der Waals surface area contributed by atoms with Crippen molar-refractivity contribution in [2.75, 3.05) is 33.4 Å². The van der Waals surface area contributed by atoms with Gasteiger partial charge >= 0.3 is 0 Å². The van der Waals surface area contributed by atoms with E-state index in [0.29, 0.717) is 26.1 Å². The van der Waals surface area contributed by atoms with Crippen molar-refractivity contribution in [3.63, 3.8) is 0 Å². The Morgan fingerprint density at radius 2 is 2.19 bits per heavy atom. The number of benzene rings is 1. The molecule has 1 aromatic carbocycles. The van der Waals surface area contributed by atoms with E-state index in [1.54, 1.807) is 7.11 Å². The van der Waals surface area contributed by atoms with Gasteiger partial charge in [0.05, 0.1) is 6.61 Å². The molecule has 1 N–H and O–H groups in total. The van der Waals surface area contributed by atoms with Gasteiger partial charge in [0.15, 0.2) is 0 Å². The summed E-state index contributed by atoms with van der Waals surface area (Å²) in [5, 5.41) is 2.61. The normalized spacial score (nSPS) is 23.0. The van der Waals surface area contributed by atoms with Crippen molar-refractivity contribution < 1.29 is 13.9 Å². The first-order valence-corrected chi connectivity index (χ1v) is 7.36. The van der Waals surface area contributed by atoms with Gasteiger partial charge in [0.25, 0.3) is 5.91 Å². The van der Waals surface area contributed by atoms with Crippen LogP contribution in [0, 0.1) is 0 Å². The van der Waals surface area contributed by atoms with E-state index in [4.69, 9.17) is 4.74 Å². The molecule has 1 aliphatic heterocycles. The number of likely N-dealkylation sites (tertiary alicyclic amines) is 1. The number of alkyl halides is 1. The molecule has 1 heterocycles. The molecule has 0 aromatic heterocycles. The third kappa shape index (κ3) is 4.51. The largest absolute Gasteiger partial charge is 0.383 e. The van der Waals surface area contributed by atoms with Crippen molar-refractivity contribution in [1.29, 1.82) is 0 Å². The van der Waals surface area contributed by atoms with Crippen molar-refractivity contribution in [3.8, 4) is 0 Å². The van der Waals surface area contributed by atoms with Crippen LogP contribution < -0.4 is 5.32 Å². The highest BCUT2D eigenvalue weighted by atomic mass is 19.1. The highest BCUT2D eigenvalue weighted by Crippen LogP contribution is 2.26. The quantitative estimate of drug-likeness (QED) is 0.813. The van der Waals surface area contributed by atoms with E-state index in [9.17, 15) is 9.18 Å². The standard InChI is InChI=1S/C16H23FN2O2/c1-21-11-9-18-15(20)16(17)8-5-10-19(13-16)12-14-6-3-2-4-7-14/h2-4,6-7H,5,8-13H2,1H3,(H,18,20). The predicted octanol–water partition coefficient (Wildman–Crippen LogP) is 1.75. The summed E-state index contributed by atoms with van der Waals surface area (Å²) in [5.74, 6) is -0.516. The van der Waals surface area contributed by atoms with E-state index in [1.165, 1.54) is 0 Å². The Morgan fingerprint density at radius 3 is 2.90 bits per heavy atom. The average molecular weight is 294 g/mol. The number of ether oxygens (including phenoxy) is 1. The van der Waals surface area contributed by atoms with E-state index < -0.39 is 11.6 Å². The summed E-state index contributed by atoms with van der Waals surface area (Å²) in [4.78, 5) is 14.0. The number of rotatable bonds is 6. The lowest BCUT2D eigenvalue weighted by Gasteiger charge is -2.36. The van der Waals surface area contributed by atoms with Crippen LogP contribution in [0.1, 0.15) is 18.4 Å². The van der Waals surface area contributed by atoms with E-state index in [0.717, 1.165) is 12.1 Å². The molecule has 0 spiro atoms. The lowest BCUT2D eigenvalue weighted by atomic mass is 9.93. The molecule has 0 saturated carbocycles. The first kappa shape index (κ1) is 15.9. The van der Waals surface area contributed by atoms with Gasteiger partial charge in [-0.25, -0.2) is 4.39 Å². The third-order valence-corrected chi connectivity index (χ3v) is 3.77. The van der Waals surface area contributed by atoms with Gasteiger partial charge in [0, 0.05) is 26.7 Å². The van der Waals surface area contributed by atoms with Gasteiger partial charge in [-0.1, -0.05) is 30.3 Å². The van der Waals surface area contributed by atoms with Crippen LogP contribution in [0.4, 0.5) is 4.39 Å². The molecule has 0 radical (unpaired) electrons. The number of carbonyl (C=O) groups is 1. The van der Waals surface area contributed by atoms with Crippen LogP contribution in [0.3, 0.4) is 0 Å². The topological polar surface area (TPSA) is 41.6 Å². The second kappa shape index (κ2) is 7.52. The smallest absolute Gasteiger partial charge is 0.259 e. The van der Waals surface area contributed by atoms with Crippen LogP contribution in [0.25, 0.3) is 0 Å². The number of amides is 1. The number of hydrogen-bond donors (Lipinski definition) is 1. The third-order valence-electron chi connectivity index (χ3n) is 3.77. The lowest BCUT2D eigenvalue weighted by molar-refractivity contribution is -0.137. The molecule has 21 heavy (non-hydrogen) atoms. The van der Waals surface area contributed by atoms with E-state index in [-0.39, 0.29) is 13.0 Å². The molecule has 1 aromatic rings. The molecule has 1 atom stereocenters. The Morgan fingerprint density at radius 1 is 1.43 bits per heavy atom. The van der Waals surface area contributed by atoms with Crippen LogP contribution in [0.2, 0.25) is 0 Å². The van der Waals surface area contributed by atoms with Crippen molar-refractivity contribution in [3.05, 3.63) is 35.9 Å². The Balaban J connectivity index is 1.91. The molecule has 1 amide bonds. The van der Waals surface area contributed by atoms with Crippen LogP contribution >= 0.6 is 0 Å². The van der Waals surface area contributed by atoms with Crippen LogP contribution in [0.5, 0.6) is 0 Å². The molecule has 1 saturated heterocycles. The number of carbonyl (C=O) groups excluding carboxylic acids is 1. The molecule has 1 unspecified atom stereocenters. The highest BCUT2D eigenvalue weighted by Gasteiger charge is 2.42. The molecular weight excluding hydrogens is 271 g/mol. The number of halogens is 1. The summed E-state index contributed by atoms with van der Waals surface area (Å²) >= 11 is 0. The number of methoxy groups -OCH3 is 1. The molecule has 1 aliphatic rings.